The summed E-state index contributed by atoms with van der Waals surface area (Å²) in [6.07, 6.45) is 0.246. The van der Waals surface area contributed by atoms with Crippen molar-refractivity contribution >= 4 is 5.78 Å². The Kier molecular flexibility index (Phi) is 2.02. The molecule has 2 N–H and O–H groups in total. The maximum Gasteiger partial charge on any atom is 0.170 e. The van der Waals surface area contributed by atoms with Gasteiger partial charge in [0.25, 0.3) is 0 Å². The van der Waals surface area contributed by atoms with Gasteiger partial charge in [-0.25, -0.2) is 0 Å². The number of carbonyl (C=O) groups is 1. The van der Waals surface area contributed by atoms with E-state index in [-0.39, 0.29) is 11.9 Å². The van der Waals surface area contributed by atoms with Crippen LogP contribution in [0.4, 0.5) is 0 Å². The zero-order valence-electron chi connectivity index (χ0n) is 7.19. The molecule has 0 radical (unpaired) electrons. The second kappa shape index (κ2) is 3.18. The summed E-state index contributed by atoms with van der Waals surface area (Å²) in [5.41, 5.74) is 6.12. The number of nitrogens with two attached hydrogens (primary N) is 1. The number of fused-ring (bicyclic) bond motifs is 1. The number of carbonyl (C=O) groups excluding carboxylic acids is 1. The maximum atomic E-state index is 11.5. The van der Waals surface area contributed by atoms with E-state index in [2.05, 4.69) is 0 Å². The van der Waals surface area contributed by atoms with Crippen LogP contribution >= 0.6 is 0 Å². The van der Waals surface area contributed by atoms with Gasteiger partial charge in [-0.2, -0.15) is 0 Å². The van der Waals surface area contributed by atoms with E-state index in [1.165, 1.54) is 0 Å². The van der Waals surface area contributed by atoms with Crippen LogP contribution in [0, 0.1) is 0 Å². The first-order valence-electron chi connectivity index (χ1n) is 4.30. The number of benzene rings is 1. The Hall–Kier alpha value is -1.35. The van der Waals surface area contributed by atoms with Crippen LogP contribution < -0.4 is 10.5 Å². The van der Waals surface area contributed by atoms with Gasteiger partial charge in [0, 0.05) is 13.0 Å². The second-order valence-electron chi connectivity index (χ2n) is 3.10. The third-order valence-corrected chi connectivity index (χ3v) is 2.16. The van der Waals surface area contributed by atoms with Crippen LogP contribution in [0.3, 0.4) is 0 Å². The highest BCUT2D eigenvalue weighted by atomic mass is 16.5. The molecule has 3 nitrogen and oxygen atoms in total. The molecule has 0 unspecified atom stereocenters. The summed E-state index contributed by atoms with van der Waals surface area (Å²) in [6.45, 7) is 0.389. The van der Waals surface area contributed by atoms with Crippen molar-refractivity contribution in [2.45, 2.75) is 12.5 Å². The third kappa shape index (κ3) is 1.42. The monoisotopic (exact) mass is 177 g/mol. The van der Waals surface area contributed by atoms with Gasteiger partial charge in [0.15, 0.2) is 5.78 Å². The van der Waals surface area contributed by atoms with Crippen molar-refractivity contribution in [3.05, 3.63) is 29.8 Å². The number of hydrogen-bond donors (Lipinski definition) is 1. The molecule has 0 aliphatic carbocycles. The lowest BCUT2D eigenvalue weighted by Crippen LogP contribution is -2.33. The van der Waals surface area contributed by atoms with E-state index in [9.17, 15) is 4.79 Å². The minimum absolute atomic E-state index is 0.123. The van der Waals surface area contributed by atoms with Crippen molar-refractivity contribution in [3.63, 3.8) is 0 Å². The predicted octanol–water partition coefficient (Wildman–Crippen LogP) is 0.979. The average Bonchev–Trinajstić information content (AvgIpc) is 2.18. The van der Waals surface area contributed by atoms with Crippen LogP contribution in [0.1, 0.15) is 16.8 Å². The fourth-order valence-electron chi connectivity index (χ4n) is 1.47. The average molecular weight is 177 g/mol. The lowest BCUT2D eigenvalue weighted by Gasteiger charge is -2.23. The van der Waals surface area contributed by atoms with Crippen LogP contribution in [-0.4, -0.2) is 18.4 Å². The molecule has 0 bridgehead atoms. The summed E-state index contributed by atoms with van der Waals surface area (Å²) in [5, 5.41) is 0. The van der Waals surface area contributed by atoms with Crippen molar-refractivity contribution in [2.75, 3.05) is 6.54 Å². The molecule has 0 saturated heterocycles. The molecule has 0 aromatic heterocycles. The Bertz CT molecular complexity index is 335. The number of para-hydroxylation sites is 1. The summed E-state index contributed by atoms with van der Waals surface area (Å²) in [6, 6.07) is 7.27. The van der Waals surface area contributed by atoms with Gasteiger partial charge >= 0.3 is 0 Å². The molecule has 0 spiro atoms. The predicted molar refractivity (Wildman–Crippen MR) is 48.9 cm³/mol. The van der Waals surface area contributed by atoms with E-state index in [4.69, 9.17) is 10.5 Å². The molecule has 0 amide bonds. The maximum absolute atomic E-state index is 11.5. The van der Waals surface area contributed by atoms with Gasteiger partial charge in [-0.3, -0.25) is 4.79 Å². The van der Waals surface area contributed by atoms with E-state index in [0.717, 1.165) is 0 Å². The lowest BCUT2D eigenvalue weighted by molar-refractivity contribution is 0.0860. The van der Waals surface area contributed by atoms with Crippen molar-refractivity contribution < 1.29 is 9.53 Å². The smallest absolute Gasteiger partial charge is 0.170 e. The number of ether oxygens (including phenoxy) is 1. The first kappa shape index (κ1) is 8.26. The van der Waals surface area contributed by atoms with Crippen LogP contribution in [0.15, 0.2) is 24.3 Å². The molecule has 0 fully saturated rings. The van der Waals surface area contributed by atoms with Crippen LogP contribution in [0.5, 0.6) is 5.75 Å². The molecule has 1 aromatic carbocycles. The molecule has 1 aliphatic heterocycles. The topological polar surface area (TPSA) is 52.3 Å². The molecule has 3 heteroatoms. The zero-order valence-corrected chi connectivity index (χ0v) is 7.19. The van der Waals surface area contributed by atoms with Crippen molar-refractivity contribution in [2.24, 2.45) is 5.73 Å². The number of ketones is 1. The van der Waals surface area contributed by atoms with E-state index >= 15 is 0 Å². The largest absolute Gasteiger partial charge is 0.488 e. The van der Waals surface area contributed by atoms with Crippen molar-refractivity contribution in [1.29, 1.82) is 0 Å². The molecule has 1 heterocycles. The van der Waals surface area contributed by atoms with Crippen molar-refractivity contribution in [1.82, 2.24) is 0 Å². The number of rotatable bonds is 1. The minimum Gasteiger partial charge on any atom is -0.488 e. The van der Waals surface area contributed by atoms with Gasteiger partial charge in [0.05, 0.1) is 5.56 Å². The van der Waals surface area contributed by atoms with Crippen LogP contribution in [0.25, 0.3) is 0 Å². The Morgan fingerprint density at radius 2 is 2.23 bits per heavy atom. The van der Waals surface area contributed by atoms with Crippen LogP contribution in [-0.2, 0) is 0 Å². The van der Waals surface area contributed by atoms with Gasteiger partial charge in [-0.05, 0) is 12.1 Å². The Morgan fingerprint density at radius 3 is 3.00 bits per heavy atom. The van der Waals surface area contributed by atoms with Gasteiger partial charge in [-0.15, -0.1) is 0 Å². The number of hydrogen-bond acceptors (Lipinski definition) is 3. The van der Waals surface area contributed by atoms with Gasteiger partial charge in [-0.1, -0.05) is 12.1 Å². The minimum atomic E-state index is -0.151. The highest BCUT2D eigenvalue weighted by Gasteiger charge is 2.24. The highest BCUT2D eigenvalue weighted by molar-refractivity contribution is 5.99. The molecule has 2 rings (SSSR count). The third-order valence-electron chi connectivity index (χ3n) is 2.16. The summed E-state index contributed by atoms with van der Waals surface area (Å²) in [5.74, 6) is 0.784. The molecule has 0 saturated carbocycles. The first-order valence-corrected chi connectivity index (χ1v) is 4.30. The molecule has 1 aromatic rings. The second-order valence-corrected chi connectivity index (χ2v) is 3.10. The summed E-state index contributed by atoms with van der Waals surface area (Å²) in [4.78, 5) is 11.5. The van der Waals surface area contributed by atoms with Gasteiger partial charge in [0.2, 0.25) is 0 Å². The SMILES string of the molecule is NC[C@@H]1CC(=O)c2ccccc2O1. The van der Waals surface area contributed by atoms with E-state index in [1.807, 2.05) is 12.1 Å². The molecule has 68 valence electrons. The fraction of sp³-hybridized carbons (Fsp3) is 0.300. The fourth-order valence-corrected chi connectivity index (χ4v) is 1.47. The lowest BCUT2D eigenvalue weighted by atomic mass is 10.0. The Balaban J connectivity index is 2.37. The summed E-state index contributed by atoms with van der Waals surface area (Å²) >= 11 is 0. The van der Waals surface area contributed by atoms with Gasteiger partial charge < -0.3 is 10.5 Å². The Labute approximate surface area is 76.5 Å². The normalized spacial score (nSPS) is 20.7. The molecular formula is C10H11NO2. The highest BCUT2D eigenvalue weighted by Crippen LogP contribution is 2.26. The van der Waals surface area contributed by atoms with E-state index in [1.54, 1.807) is 12.1 Å². The van der Waals surface area contributed by atoms with E-state index < -0.39 is 0 Å². The van der Waals surface area contributed by atoms with Crippen LogP contribution in [0.2, 0.25) is 0 Å². The Morgan fingerprint density at radius 1 is 1.46 bits per heavy atom. The van der Waals surface area contributed by atoms with Gasteiger partial charge in [0.1, 0.15) is 11.9 Å². The quantitative estimate of drug-likeness (QED) is 0.695. The summed E-state index contributed by atoms with van der Waals surface area (Å²) < 4.78 is 5.51. The molecular weight excluding hydrogens is 166 g/mol. The molecule has 13 heavy (non-hydrogen) atoms. The van der Waals surface area contributed by atoms with E-state index in [0.29, 0.717) is 24.3 Å². The molecule has 1 atom stereocenters. The summed E-state index contributed by atoms with van der Waals surface area (Å²) in [7, 11) is 0. The zero-order chi connectivity index (χ0) is 9.26. The number of Topliss-reactive ketones (excluding diaryl/α,β-unsaturated/α-hetero) is 1. The van der Waals surface area contributed by atoms with Crippen molar-refractivity contribution in [3.8, 4) is 5.75 Å². The molecule has 1 aliphatic rings. The standard InChI is InChI=1S/C10H11NO2/c11-6-7-5-9(12)8-3-1-2-4-10(8)13-7/h1-4,7H,5-6,11H2/t7-/m0/s1. The first-order chi connectivity index (χ1) is 6.31.